The zero-order valence-corrected chi connectivity index (χ0v) is 12.5. The molecule has 3 heteroatoms. The van der Waals surface area contributed by atoms with E-state index in [4.69, 9.17) is 0 Å². The van der Waals surface area contributed by atoms with Gasteiger partial charge in [-0.05, 0) is 24.2 Å². The zero-order valence-electron chi connectivity index (χ0n) is 11.0. The van der Waals surface area contributed by atoms with E-state index in [1.54, 1.807) is 0 Å². The average Bonchev–Trinajstić information content (AvgIpc) is 2.43. The highest BCUT2D eigenvalue weighted by Gasteiger charge is 2.16. The van der Waals surface area contributed by atoms with E-state index in [1.807, 2.05) is 43.4 Å². The Balaban J connectivity index is 2.14. The van der Waals surface area contributed by atoms with Crippen LogP contribution in [0.3, 0.4) is 0 Å². The van der Waals surface area contributed by atoms with Crippen LogP contribution in [0.4, 0.5) is 0 Å². The molecule has 2 aromatic rings. The Morgan fingerprint density at radius 3 is 2.32 bits per heavy atom. The maximum Gasteiger partial charge on any atom is 0.0628 e. The maximum atomic E-state index is 9.64. The molecule has 2 nitrogen and oxygen atoms in total. The van der Waals surface area contributed by atoms with Gasteiger partial charge in [0.2, 0.25) is 0 Å². The number of likely N-dealkylation sites (N-methyl/N-ethyl adjacent to an activating group) is 1. The summed E-state index contributed by atoms with van der Waals surface area (Å²) in [4.78, 5) is 2.16. The normalized spacial score (nSPS) is 12.6. The van der Waals surface area contributed by atoms with Crippen molar-refractivity contribution in [2.75, 3.05) is 13.7 Å². The van der Waals surface area contributed by atoms with E-state index < -0.39 is 0 Å². The molecule has 1 N–H and O–H groups in total. The quantitative estimate of drug-likeness (QED) is 0.910. The Hall–Kier alpha value is -1.16. The van der Waals surface area contributed by atoms with Gasteiger partial charge in [0.05, 0.1) is 12.6 Å². The van der Waals surface area contributed by atoms with Gasteiger partial charge in [0, 0.05) is 11.0 Å². The van der Waals surface area contributed by atoms with Gasteiger partial charge in [-0.15, -0.1) is 0 Å². The second kappa shape index (κ2) is 6.85. The standard InChI is InChI=1S/C16H18BrNO/c1-18(11-14-9-5-6-10-15(14)17)16(12-19)13-7-3-2-4-8-13/h2-10,16,19H,11-12H2,1H3/t16-/m0/s1. The smallest absolute Gasteiger partial charge is 0.0628 e. The molecule has 0 amide bonds. The van der Waals surface area contributed by atoms with E-state index in [-0.39, 0.29) is 12.6 Å². The molecule has 0 heterocycles. The molecule has 0 bridgehead atoms. The molecular weight excluding hydrogens is 302 g/mol. The number of aliphatic hydroxyl groups is 1. The monoisotopic (exact) mass is 319 g/mol. The summed E-state index contributed by atoms with van der Waals surface area (Å²) in [5.74, 6) is 0. The number of halogens is 1. The van der Waals surface area contributed by atoms with E-state index in [9.17, 15) is 5.11 Å². The van der Waals surface area contributed by atoms with E-state index in [2.05, 4.69) is 39.0 Å². The van der Waals surface area contributed by atoms with Crippen molar-refractivity contribution in [2.45, 2.75) is 12.6 Å². The Bertz CT molecular complexity index is 515. The SMILES string of the molecule is CN(Cc1ccccc1Br)[C@@H](CO)c1ccccc1. The van der Waals surface area contributed by atoms with Crippen LogP contribution in [0.1, 0.15) is 17.2 Å². The van der Waals surface area contributed by atoms with Gasteiger partial charge in [-0.3, -0.25) is 4.90 Å². The van der Waals surface area contributed by atoms with Gasteiger partial charge in [-0.25, -0.2) is 0 Å². The molecule has 0 saturated heterocycles. The number of hydrogen-bond acceptors (Lipinski definition) is 2. The van der Waals surface area contributed by atoms with Gasteiger partial charge in [0.25, 0.3) is 0 Å². The number of aliphatic hydroxyl groups excluding tert-OH is 1. The highest BCUT2D eigenvalue weighted by molar-refractivity contribution is 9.10. The van der Waals surface area contributed by atoms with E-state index in [1.165, 1.54) is 5.56 Å². The topological polar surface area (TPSA) is 23.5 Å². The van der Waals surface area contributed by atoms with Crippen LogP contribution in [-0.4, -0.2) is 23.7 Å². The number of hydrogen-bond donors (Lipinski definition) is 1. The van der Waals surface area contributed by atoms with Crippen molar-refractivity contribution >= 4 is 15.9 Å². The number of nitrogens with zero attached hydrogens (tertiary/aromatic N) is 1. The first-order valence-electron chi connectivity index (χ1n) is 6.32. The minimum absolute atomic E-state index is 0.0216. The molecule has 0 aliphatic carbocycles. The van der Waals surface area contributed by atoms with E-state index >= 15 is 0 Å². The van der Waals surface area contributed by atoms with Gasteiger partial charge in [-0.2, -0.15) is 0 Å². The van der Waals surface area contributed by atoms with E-state index in [0.717, 1.165) is 16.6 Å². The van der Waals surface area contributed by atoms with Crippen LogP contribution in [-0.2, 0) is 6.54 Å². The first-order valence-corrected chi connectivity index (χ1v) is 7.11. The first kappa shape index (κ1) is 14.3. The Morgan fingerprint density at radius 1 is 1.05 bits per heavy atom. The fraction of sp³-hybridized carbons (Fsp3) is 0.250. The molecule has 2 aromatic carbocycles. The second-order valence-electron chi connectivity index (χ2n) is 4.62. The van der Waals surface area contributed by atoms with Crippen LogP contribution in [0, 0.1) is 0 Å². The Labute approximate surface area is 122 Å². The molecule has 19 heavy (non-hydrogen) atoms. The zero-order chi connectivity index (χ0) is 13.7. The predicted octanol–water partition coefficient (Wildman–Crippen LogP) is 3.61. The third-order valence-electron chi connectivity index (χ3n) is 3.27. The van der Waals surface area contributed by atoms with Crippen molar-refractivity contribution < 1.29 is 5.11 Å². The van der Waals surface area contributed by atoms with Crippen molar-refractivity contribution in [3.05, 3.63) is 70.2 Å². The third-order valence-corrected chi connectivity index (χ3v) is 4.04. The highest BCUT2D eigenvalue weighted by Crippen LogP contribution is 2.23. The predicted molar refractivity (Wildman–Crippen MR) is 81.9 cm³/mol. The van der Waals surface area contributed by atoms with Crippen LogP contribution in [0.15, 0.2) is 59.1 Å². The summed E-state index contributed by atoms with van der Waals surface area (Å²) in [5.41, 5.74) is 2.36. The van der Waals surface area contributed by atoms with Crippen molar-refractivity contribution in [1.29, 1.82) is 0 Å². The lowest BCUT2D eigenvalue weighted by molar-refractivity contribution is 0.142. The second-order valence-corrected chi connectivity index (χ2v) is 5.47. The minimum Gasteiger partial charge on any atom is -0.394 e. The van der Waals surface area contributed by atoms with E-state index in [0.29, 0.717) is 0 Å². The van der Waals surface area contributed by atoms with Crippen molar-refractivity contribution in [3.63, 3.8) is 0 Å². The van der Waals surface area contributed by atoms with Gasteiger partial charge < -0.3 is 5.11 Å². The molecule has 0 radical (unpaired) electrons. The number of benzene rings is 2. The van der Waals surface area contributed by atoms with Crippen LogP contribution >= 0.6 is 15.9 Å². The average molecular weight is 320 g/mol. The van der Waals surface area contributed by atoms with Crippen molar-refractivity contribution in [1.82, 2.24) is 4.90 Å². The molecule has 0 aliphatic heterocycles. The van der Waals surface area contributed by atoms with Gasteiger partial charge in [-0.1, -0.05) is 64.5 Å². The molecule has 2 rings (SSSR count). The molecular formula is C16H18BrNO. The summed E-state index contributed by atoms with van der Waals surface area (Å²) in [7, 11) is 2.04. The van der Waals surface area contributed by atoms with Crippen molar-refractivity contribution in [3.8, 4) is 0 Å². The molecule has 0 spiro atoms. The molecule has 1 atom stereocenters. The summed E-state index contributed by atoms with van der Waals surface area (Å²) in [5, 5.41) is 9.64. The van der Waals surface area contributed by atoms with Crippen LogP contribution in [0.2, 0.25) is 0 Å². The third kappa shape index (κ3) is 3.66. The molecule has 100 valence electrons. The lowest BCUT2D eigenvalue weighted by Crippen LogP contribution is -2.27. The molecule has 0 saturated carbocycles. The van der Waals surface area contributed by atoms with Crippen LogP contribution in [0.25, 0.3) is 0 Å². The minimum atomic E-state index is 0.0216. The van der Waals surface area contributed by atoms with Gasteiger partial charge in [0.15, 0.2) is 0 Å². The summed E-state index contributed by atoms with van der Waals surface area (Å²) in [6.07, 6.45) is 0. The largest absolute Gasteiger partial charge is 0.394 e. The van der Waals surface area contributed by atoms with Crippen molar-refractivity contribution in [2.24, 2.45) is 0 Å². The summed E-state index contributed by atoms with van der Waals surface area (Å²) in [6, 6.07) is 18.3. The van der Waals surface area contributed by atoms with Crippen LogP contribution in [0.5, 0.6) is 0 Å². The molecule has 0 aromatic heterocycles. The maximum absolute atomic E-state index is 9.64. The molecule has 0 unspecified atom stereocenters. The highest BCUT2D eigenvalue weighted by atomic mass is 79.9. The fourth-order valence-corrected chi connectivity index (χ4v) is 2.59. The lowest BCUT2D eigenvalue weighted by Gasteiger charge is -2.27. The Kier molecular flexibility index (Phi) is 5.14. The number of rotatable bonds is 5. The summed E-state index contributed by atoms with van der Waals surface area (Å²) in [6.45, 7) is 0.909. The summed E-state index contributed by atoms with van der Waals surface area (Å²) >= 11 is 3.56. The van der Waals surface area contributed by atoms with Gasteiger partial charge in [0.1, 0.15) is 0 Å². The van der Waals surface area contributed by atoms with Crippen LogP contribution < -0.4 is 0 Å². The first-order chi connectivity index (χ1) is 9.22. The fourth-order valence-electron chi connectivity index (χ4n) is 2.18. The Morgan fingerprint density at radius 2 is 1.68 bits per heavy atom. The molecule has 0 fully saturated rings. The van der Waals surface area contributed by atoms with Gasteiger partial charge >= 0.3 is 0 Å². The summed E-state index contributed by atoms with van der Waals surface area (Å²) < 4.78 is 1.10. The lowest BCUT2D eigenvalue weighted by atomic mass is 10.1. The molecule has 0 aliphatic rings.